The molecule has 1 aliphatic heterocycles. The summed E-state index contributed by atoms with van der Waals surface area (Å²) < 4.78 is 6.09. The largest absolute Gasteiger partial charge is 0.496 e. The van der Waals surface area contributed by atoms with Gasteiger partial charge in [0.2, 0.25) is 0 Å². The molecule has 3 nitrogen and oxygen atoms in total. The zero-order valence-electron chi connectivity index (χ0n) is 8.63. The lowest BCUT2D eigenvalue weighted by molar-refractivity contribution is 0.0927. The van der Waals surface area contributed by atoms with E-state index in [1.54, 1.807) is 7.11 Å². The number of methoxy groups -OCH3 is 1. The highest BCUT2D eigenvalue weighted by Crippen LogP contribution is 2.32. The number of benzene rings is 1. The van der Waals surface area contributed by atoms with Crippen LogP contribution in [-0.4, -0.2) is 19.1 Å². The molecule has 1 aliphatic rings. The van der Waals surface area contributed by atoms with E-state index in [-0.39, 0.29) is 11.9 Å². The van der Waals surface area contributed by atoms with Gasteiger partial charge in [0, 0.05) is 16.1 Å². The minimum atomic E-state index is -0.0328. The van der Waals surface area contributed by atoms with E-state index < -0.39 is 0 Å². The Kier molecular flexibility index (Phi) is 2.69. The molecule has 1 unspecified atom stereocenters. The molecule has 0 saturated heterocycles. The summed E-state index contributed by atoms with van der Waals surface area (Å²) in [6.45, 7) is 1.99. The van der Waals surface area contributed by atoms with Crippen molar-refractivity contribution in [2.45, 2.75) is 19.4 Å². The molecule has 4 heteroatoms. The number of amides is 1. The van der Waals surface area contributed by atoms with Gasteiger partial charge in [-0.1, -0.05) is 0 Å². The lowest BCUT2D eigenvalue weighted by Crippen LogP contribution is -2.39. The van der Waals surface area contributed by atoms with Gasteiger partial charge in [0.1, 0.15) is 5.75 Å². The quantitative estimate of drug-likeness (QED) is 0.849. The van der Waals surface area contributed by atoms with E-state index in [0.29, 0.717) is 5.56 Å². The molecule has 0 aromatic heterocycles. The number of rotatable bonds is 1. The zero-order chi connectivity index (χ0) is 11.0. The molecular weight excluding hydrogens is 258 g/mol. The minimum Gasteiger partial charge on any atom is -0.496 e. The van der Waals surface area contributed by atoms with E-state index in [4.69, 9.17) is 4.74 Å². The van der Waals surface area contributed by atoms with Gasteiger partial charge in [-0.3, -0.25) is 4.79 Å². The Morgan fingerprint density at radius 3 is 2.93 bits per heavy atom. The van der Waals surface area contributed by atoms with E-state index in [1.165, 1.54) is 0 Å². The highest BCUT2D eigenvalue weighted by Gasteiger charge is 2.26. The minimum absolute atomic E-state index is 0.0328. The fourth-order valence-corrected chi connectivity index (χ4v) is 2.44. The molecule has 0 saturated carbocycles. The second-order valence-electron chi connectivity index (χ2n) is 3.68. The number of halogens is 1. The summed E-state index contributed by atoms with van der Waals surface area (Å²) in [5.41, 5.74) is 1.69. The maximum Gasteiger partial charge on any atom is 0.253 e. The Morgan fingerprint density at radius 1 is 1.53 bits per heavy atom. The van der Waals surface area contributed by atoms with Crippen LogP contribution in [0.2, 0.25) is 0 Å². The molecule has 80 valence electrons. The van der Waals surface area contributed by atoms with Crippen molar-refractivity contribution in [3.8, 4) is 5.75 Å². The van der Waals surface area contributed by atoms with E-state index in [1.807, 2.05) is 19.1 Å². The maximum atomic E-state index is 11.8. The van der Waals surface area contributed by atoms with Crippen LogP contribution in [0.1, 0.15) is 22.8 Å². The number of ether oxygens (including phenoxy) is 1. The van der Waals surface area contributed by atoms with Crippen LogP contribution in [0, 0.1) is 0 Å². The van der Waals surface area contributed by atoms with Gasteiger partial charge in [0.05, 0.1) is 12.7 Å². The highest BCUT2D eigenvalue weighted by atomic mass is 79.9. The third kappa shape index (κ3) is 1.74. The smallest absolute Gasteiger partial charge is 0.253 e. The van der Waals surface area contributed by atoms with Crippen LogP contribution in [0.15, 0.2) is 16.6 Å². The summed E-state index contributed by atoms with van der Waals surface area (Å²) in [6.07, 6.45) is 0.809. The first kappa shape index (κ1) is 10.5. The highest BCUT2D eigenvalue weighted by molar-refractivity contribution is 9.10. The summed E-state index contributed by atoms with van der Waals surface area (Å²) in [5, 5.41) is 2.90. The fourth-order valence-electron chi connectivity index (χ4n) is 1.89. The molecule has 0 aliphatic carbocycles. The van der Waals surface area contributed by atoms with Crippen LogP contribution in [0.4, 0.5) is 0 Å². The van der Waals surface area contributed by atoms with Gasteiger partial charge in [0.25, 0.3) is 5.91 Å². The van der Waals surface area contributed by atoms with Gasteiger partial charge >= 0.3 is 0 Å². The molecule has 1 amide bonds. The number of carbonyl (C=O) groups excluding carboxylic acids is 1. The van der Waals surface area contributed by atoms with Crippen molar-refractivity contribution < 1.29 is 9.53 Å². The molecule has 2 rings (SSSR count). The molecule has 1 heterocycles. The SMILES string of the molecule is COc1ccc(Br)c2c1CC(C)NC2=O. The summed E-state index contributed by atoms with van der Waals surface area (Å²) >= 11 is 3.39. The van der Waals surface area contributed by atoms with E-state index in [9.17, 15) is 4.79 Å². The van der Waals surface area contributed by atoms with E-state index >= 15 is 0 Å². The Labute approximate surface area is 96.9 Å². The molecule has 15 heavy (non-hydrogen) atoms. The molecule has 1 atom stereocenters. The second-order valence-corrected chi connectivity index (χ2v) is 4.54. The van der Waals surface area contributed by atoms with Crippen molar-refractivity contribution in [3.05, 3.63) is 27.7 Å². The van der Waals surface area contributed by atoms with Crippen molar-refractivity contribution >= 4 is 21.8 Å². The molecule has 0 radical (unpaired) electrons. The molecule has 0 bridgehead atoms. The van der Waals surface area contributed by atoms with Gasteiger partial charge in [-0.05, 0) is 41.4 Å². The average Bonchev–Trinajstić information content (AvgIpc) is 2.17. The lowest BCUT2D eigenvalue weighted by Gasteiger charge is -2.25. The van der Waals surface area contributed by atoms with Crippen LogP contribution < -0.4 is 10.1 Å². The molecule has 0 spiro atoms. The average molecular weight is 270 g/mol. The molecular formula is C11H12BrNO2. The molecule has 1 aromatic rings. The Balaban J connectivity index is 2.61. The molecule has 0 fully saturated rings. The Morgan fingerprint density at radius 2 is 2.27 bits per heavy atom. The van der Waals surface area contributed by atoms with Crippen molar-refractivity contribution in [3.63, 3.8) is 0 Å². The van der Waals surface area contributed by atoms with Gasteiger partial charge in [-0.25, -0.2) is 0 Å². The number of hydrogen-bond donors (Lipinski definition) is 1. The van der Waals surface area contributed by atoms with Crippen molar-refractivity contribution in [2.75, 3.05) is 7.11 Å². The van der Waals surface area contributed by atoms with Gasteiger partial charge in [-0.15, -0.1) is 0 Å². The van der Waals surface area contributed by atoms with Gasteiger partial charge in [-0.2, -0.15) is 0 Å². The maximum absolute atomic E-state index is 11.8. The third-order valence-electron chi connectivity index (χ3n) is 2.55. The molecule has 1 N–H and O–H groups in total. The van der Waals surface area contributed by atoms with Crippen molar-refractivity contribution in [2.24, 2.45) is 0 Å². The van der Waals surface area contributed by atoms with Crippen LogP contribution in [-0.2, 0) is 6.42 Å². The van der Waals surface area contributed by atoms with Crippen molar-refractivity contribution in [1.82, 2.24) is 5.32 Å². The third-order valence-corrected chi connectivity index (χ3v) is 3.21. The molecule has 1 aromatic carbocycles. The lowest BCUT2D eigenvalue weighted by atomic mass is 9.95. The second kappa shape index (κ2) is 3.85. The first-order valence-corrected chi connectivity index (χ1v) is 5.59. The number of carbonyl (C=O) groups is 1. The van der Waals surface area contributed by atoms with Crippen LogP contribution in [0.3, 0.4) is 0 Å². The topological polar surface area (TPSA) is 38.3 Å². The van der Waals surface area contributed by atoms with Crippen LogP contribution in [0.25, 0.3) is 0 Å². The van der Waals surface area contributed by atoms with Crippen molar-refractivity contribution in [1.29, 1.82) is 0 Å². The van der Waals surface area contributed by atoms with E-state index in [0.717, 1.165) is 22.2 Å². The number of fused-ring (bicyclic) bond motifs is 1. The number of nitrogens with one attached hydrogen (secondary N) is 1. The number of hydrogen-bond acceptors (Lipinski definition) is 2. The normalized spacial score (nSPS) is 19.4. The monoisotopic (exact) mass is 269 g/mol. The predicted octanol–water partition coefficient (Wildman–Crippen LogP) is 2.13. The van der Waals surface area contributed by atoms with Crippen LogP contribution in [0.5, 0.6) is 5.75 Å². The standard InChI is InChI=1S/C11H12BrNO2/c1-6-5-7-9(15-2)4-3-8(12)10(7)11(14)13-6/h3-4,6H,5H2,1-2H3,(H,13,14). The summed E-state index contributed by atoms with van der Waals surface area (Å²) in [7, 11) is 1.63. The fraction of sp³-hybridized carbons (Fsp3) is 0.364. The Hall–Kier alpha value is -1.03. The Bertz CT molecular complexity index is 417. The first-order chi connectivity index (χ1) is 7.13. The zero-order valence-corrected chi connectivity index (χ0v) is 10.2. The summed E-state index contributed by atoms with van der Waals surface area (Å²) in [6, 6.07) is 3.88. The first-order valence-electron chi connectivity index (χ1n) is 4.79. The summed E-state index contributed by atoms with van der Waals surface area (Å²) in [5.74, 6) is 0.754. The summed E-state index contributed by atoms with van der Waals surface area (Å²) in [4.78, 5) is 11.8. The van der Waals surface area contributed by atoms with Gasteiger partial charge < -0.3 is 10.1 Å². The predicted molar refractivity (Wildman–Crippen MR) is 61.3 cm³/mol. The van der Waals surface area contributed by atoms with Crippen LogP contribution >= 0.6 is 15.9 Å². The van der Waals surface area contributed by atoms with Gasteiger partial charge in [0.15, 0.2) is 0 Å². The van der Waals surface area contributed by atoms with E-state index in [2.05, 4.69) is 21.2 Å².